The lowest BCUT2D eigenvalue weighted by atomic mass is 10.1. The summed E-state index contributed by atoms with van der Waals surface area (Å²) in [5.41, 5.74) is 4.05. The normalized spacial score (nSPS) is 16.0. The van der Waals surface area contributed by atoms with Gasteiger partial charge in [0.05, 0.1) is 29.7 Å². The fourth-order valence-electron chi connectivity index (χ4n) is 4.37. The van der Waals surface area contributed by atoms with E-state index in [1.54, 1.807) is 0 Å². The van der Waals surface area contributed by atoms with Gasteiger partial charge in [-0.15, -0.1) is 0 Å². The standard InChI is InChI=1S/C26H29N5O/c1-2-13-29(25-12-14-30(26(25)32)17-22-6-4-3-5-7-22)19-24-16-28-20-31(24)18-23-10-8-21(15-27)9-11-23/h3-11,16,20,25H,2,12-14,17-19H2,1H3/t25-/m0/s1. The molecule has 0 unspecified atom stereocenters. The molecule has 0 aliphatic carbocycles. The Kier molecular flexibility index (Phi) is 6.98. The summed E-state index contributed by atoms with van der Waals surface area (Å²) in [4.78, 5) is 21.9. The van der Waals surface area contributed by atoms with Crippen LogP contribution in [0.25, 0.3) is 0 Å². The number of nitrogens with zero attached hydrogens (tertiary/aromatic N) is 5. The van der Waals surface area contributed by atoms with E-state index in [4.69, 9.17) is 5.26 Å². The van der Waals surface area contributed by atoms with E-state index in [0.717, 1.165) is 37.2 Å². The molecule has 1 atom stereocenters. The summed E-state index contributed by atoms with van der Waals surface area (Å²) >= 11 is 0. The molecule has 1 aromatic heterocycles. The third kappa shape index (κ3) is 5.06. The predicted octanol–water partition coefficient (Wildman–Crippen LogP) is 3.82. The molecule has 3 aromatic rings. The topological polar surface area (TPSA) is 65.2 Å². The molecule has 0 bridgehead atoms. The first-order chi connectivity index (χ1) is 15.7. The Labute approximate surface area is 189 Å². The molecule has 1 fully saturated rings. The Morgan fingerprint density at radius 1 is 1.09 bits per heavy atom. The highest BCUT2D eigenvalue weighted by atomic mass is 16.2. The molecule has 0 radical (unpaired) electrons. The minimum Gasteiger partial charge on any atom is -0.337 e. The van der Waals surface area contributed by atoms with Gasteiger partial charge in [0.15, 0.2) is 0 Å². The van der Waals surface area contributed by atoms with Crippen LogP contribution in [0.2, 0.25) is 0 Å². The summed E-state index contributed by atoms with van der Waals surface area (Å²) in [6.45, 7) is 5.88. The number of nitriles is 1. The van der Waals surface area contributed by atoms with E-state index in [2.05, 4.69) is 39.6 Å². The minimum absolute atomic E-state index is 0.0862. The quantitative estimate of drug-likeness (QED) is 0.521. The number of hydrogen-bond donors (Lipinski definition) is 0. The van der Waals surface area contributed by atoms with Gasteiger partial charge in [-0.05, 0) is 42.6 Å². The van der Waals surface area contributed by atoms with Crippen molar-refractivity contribution < 1.29 is 4.79 Å². The van der Waals surface area contributed by atoms with Crippen LogP contribution in [0.5, 0.6) is 0 Å². The van der Waals surface area contributed by atoms with Gasteiger partial charge in [0.1, 0.15) is 0 Å². The highest BCUT2D eigenvalue weighted by molar-refractivity contribution is 5.84. The maximum absolute atomic E-state index is 13.2. The van der Waals surface area contributed by atoms with Crippen LogP contribution in [-0.2, 0) is 24.4 Å². The maximum Gasteiger partial charge on any atom is 0.240 e. The van der Waals surface area contributed by atoms with Crippen LogP contribution in [-0.4, -0.2) is 44.4 Å². The fraction of sp³-hybridized carbons (Fsp3) is 0.346. The molecule has 1 aliphatic heterocycles. The van der Waals surface area contributed by atoms with Crippen LogP contribution in [0.3, 0.4) is 0 Å². The lowest BCUT2D eigenvalue weighted by Crippen LogP contribution is -2.42. The van der Waals surface area contributed by atoms with Crippen LogP contribution < -0.4 is 0 Å². The smallest absolute Gasteiger partial charge is 0.240 e. The number of carbonyl (C=O) groups is 1. The summed E-state index contributed by atoms with van der Waals surface area (Å²) in [7, 11) is 0. The zero-order chi connectivity index (χ0) is 22.3. The number of benzene rings is 2. The molecular weight excluding hydrogens is 398 g/mol. The number of imidazole rings is 1. The summed E-state index contributed by atoms with van der Waals surface area (Å²) in [6.07, 6.45) is 5.59. The van der Waals surface area contributed by atoms with Gasteiger partial charge >= 0.3 is 0 Å². The molecule has 2 heterocycles. The first kappa shape index (κ1) is 21.8. The second-order valence-corrected chi connectivity index (χ2v) is 8.34. The number of amides is 1. The molecule has 4 rings (SSSR count). The van der Waals surface area contributed by atoms with E-state index in [1.165, 1.54) is 5.56 Å². The van der Waals surface area contributed by atoms with Gasteiger partial charge in [0.25, 0.3) is 0 Å². The van der Waals surface area contributed by atoms with Crippen LogP contribution in [0.1, 0.15) is 42.1 Å². The van der Waals surface area contributed by atoms with Crippen molar-refractivity contribution in [3.05, 3.63) is 89.5 Å². The molecule has 6 heteroatoms. The van der Waals surface area contributed by atoms with Gasteiger partial charge in [-0.2, -0.15) is 5.26 Å². The molecule has 1 amide bonds. The SMILES string of the molecule is CCCN(Cc1cncn1Cc1ccc(C#N)cc1)[C@H]1CCN(Cc2ccccc2)C1=O. The fourth-order valence-corrected chi connectivity index (χ4v) is 4.37. The summed E-state index contributed by atoms with van der Waals surface area (Å²) < 4.78 is 2.13. The van der Waals surface area contributed by atoms with E-state index >= 15 is 0 Å². The van der Waals surface area contributed by atoms with Crippen molar-refractivity contribution in [2.75, 3.05) is 13.1 Å². The van der Waals surface area contributed by atoms with Crippen molar-refractivity contribution >= 4 is 5.91 Å². The van der Waals surface area contributed by atoms with Crippen molar-refractivity contribution in [2.24, 2.45) is 0 Å². The van der Waals surface area contributed by atoms with Crippen molar-refractivity contribution in [2.45, 2.75) is 45.4 Å². The molecule has 32 heavy (non-hydrogen) atoms. The van der Waals surface area contributed by atoms with Gasteiger partial charge in [-0.25, -0.2) is 4.98 Å². The largest absolute Gasteiger partial charge is 0.337 e. The molecule has 6 nitrogen and oxygen atoms in total. The predicted molar refractivity (Wildman–Crippen MR) is 123 cm³/mol. The summed E-state index contributed by atoms with van der Waals surface area (Å²) in [5, 5.41) is 9.00. The van der Waals surface area contributed by atoms with E-state index < -0.39 is 0 Å². The molecule has 0 spiro atoms. The summed E-state index contributed by atoms with van der Waals surface area (Å²) in [6, 6.07) is 19.9. The third-order valence-corrected chi connectivity index (χ3v) is 6.04. The Bertz CT molecular complexity index is 1070. The molecule has 2 aromatic carbocycles. The number of aromatic nitrogens is 2. The second-order valence-electron chi connectivity index (χ2n) is 8.34. The van der Waals surface area contributed by atoms with Gasteiger partial charge in [-0.1, -0.05) is 49.4 Å². The molecule has 1 saturated heterocycles. The van der Waals surface area contributed by atoms with Gasteiger partial charge < -0.3 is 9.47 Å². The Hall–Kier alpha value is -3.43. The Morgan fingerprint density at radius 3 is 2.56 bits per heavy atom. The lowest BCUT2D eigenvalue weighted by Gasteiger charge is -2.28. The van der Waals surface area contributed by atoms with Crippen LogP contribution >= 0.6 is 0 Å². The first-order valence-electron chi connectivity index (χ1n) is 11.2. The van der Waals surface area contributed by atoms with Crippen LogP contribution in [0.15, 0.2) is 67.1 Å². The maximum atomic E-state index is 13.2. The summed E-state index contributed by atoms with van der Waals surface area (Å²) in [5.74, 6) is 0.223. The molecule has 1 aliphatic rings. The molecule has 164 valence electrons. The second kappa shape index (κ2) is 10.3. The first-order valence-corrected chi connectivity index (χ1v) is 11.2. The van der Waals surface area contributed by atoms with E-state index in [-0.39, 0.29) is 11.9 Å². The molecular formula is C26H29N5O. The number of rotatable bonds is 9. The zero-order valence-electron chi connectivity index (χ0n) is 18.5. The lowest BCUT2D eigenvalue weighted by molar-refractivity contribution is -0.132. The highest BCUT2D eigenvalue weighted by Gasteiger charge is 2.35. The number of carbonyl (C=O) groups excluding carboxylic acids is 1. The van der Waals surface area contributed by atoms with Gasteiger partial charge in [-0.3, -0.25) is 9.69 Å². The van der Waals surface area contributed by atoms with E-state index in [9.17, 15) is 4.79 Å². The zero-order valence-corrected chi connectivity index (χ0v) is 18.5. The third-order valence-electron chi connectivity index (χ3n) is 6.04. The Morgan fingerprint density at radius 2 is 1.84 bits per heavy atom. The minimum atomic E-state index is -0.0862. The monoisotopic (exact) mass is 427 g/mol. The van der Waals surface area contributed by atoms with Crippen molar-refractivity contribution in [3.63, 3.8) is 0 Å². The molecule has 0 saturated carbocycles. The number of hydrogen-bond acceptors (Lipinski definition) is 4. The van der Waals surface area contributed by atoms with E-state index in [0.29, 0.717) is 25.2 Å². The van der Waals surface area contributed by atoms with Crippen LogP contribution in [0.4, 0.5) is 0 Å². The Balaban J connectivity index is 1.44. The molecule has 0 N–H and O–H groups in total. The van der Waals surface area contributed by atoms with Crippen molar-refractivity contribution in [1.82, 2.24) is 19.4 Å². The van der Waals surface area contributed by atoms with Crippen LogP contribution in [0, 0.1) is 11.3 Å². The highest BCUT2D eigenvalue weighted by Crippen LogP contribution is 2.22. The van der Waals surface area contributed by atoms with Gasteiger partial charge in [0.2, 0.25) is 5.91 Å². The van der Waals surface area contributed by atoms with Crippen molar-refractivity contribution in [3.8, 4) is 6.07 Å². The average Bonchev–Trinajstić information content (AvgIpc) is 3.41. The number of likely N-dealkylation sites (tertiary alicyclic amines) is 1. The van der Waals surface area contributed by atoms with Gasteiger partial charge in [0, 0.05) is 32.4 Å². The van der Waals surface area contributed by atoms with E-state index in [1.807, 2.05) is 59.9 Å². The average molecular weight is 428 g/mol. The van der Waals surface area contributed by atoms with Crippen molar-refractivity contribution in [1.29, 1.82) is 5.26 Å².